The van der Waals surface area contributed by atoms with Crippen molar-refractivity contribution in [2.75, 3.05) is 44.7 Å². The summed E-state index contributed by atoms with van der Waals surface area (Å²) in [6.07, 6.45) is 4.89. The maximum absolute atomic E-state index is 13.2. The molecule has 3 aromatic rings. The summed E-state index contributed by atoms with van der Waals surface area (Å²) in [5.74, 6) is 0.0294. The second-order valence-corrected chi connectivity index (χ2v) is 11.3. The fourth-order valence-corrected chi connectivity index (χ4v) is 6.66. The molecule has 2 aliphatic rings. The van der Waals surface area contributed by atoms with Crippen molar-refractivity contribution in [3.8, 4) is 0 Å². The average molecular weight is 480 g/mol. The number of ketones is 1. The Balaban J connectivity index is 1.25. The number of carbonyl (C=O) groups excluding carboxylic acids is 1. The molecule has 1 saturated heterocycles. The number of benzene rings is 1. The first-order valence-corrected chi connectivity index (χ1v) is 12.9. The molecule has 0 atom stereocenters. The number of hydrogen-bond acceptors (Lipinski definition) is 6. The number of allylic oxidation sites excluding steroid dienone is 1. The van der Waals surface area contributed by atoms with Gasteiger partial charge in [0.2, 0.25) is 10.0 Å². The molecule has 8 nitrogen and oxygen atoms in total. The van der Waals surface area contributed by atoms with Crippen LogP contribution in [-0.2, 0) is 20.2 Å². The third-order valence-corrected chi connectivity index (χ3v) is 8.92. The van der Waals surface area contributed by atoms with Crippen molar-refractivity contribution in [2.45, 2.75) is 24.2 Å². The molecular formula is C25H29N5O3S. The molecule has 0 saturated carbocycles. The molecule has 2 aromatic heterocycles. The molecule has 4 heterocycles. The predicted molar refractivity (Wildman–Crippen MR) is 132 cm³/mol. The summed E-state index contributed by atoms with van der Waals surface area (Å²) in [4.78, 5) is 24.5. The summed E-state index contributed by atoms with van der Waals surface area (Å²) in [6, 6.07) is 11.7. The Hall–Kier alpha value is -3.01. The second-order valence-electron chi connectivity index (χ2n) is 9.43. The summed E-state index contributed by atoms with van der Waals surface area (Å²) in [5.41, 5.74) is 3.62. The molecule has 178 valence electrons. The summed E-state index contributed by atoms with van der Waals surface area (Å²) in [6.45, 7) is 6.25. The molecule has 1 N–H and O–H groups in total. The van der Waals surface area contributed by atoms with Crippen LogP contribution in [0.25, 0.3) is 11.0 Å². The topological polar surface area (TPSA) is 89.6 Å². The zero-order valence-electron chi connectivity index (χ0n) is 19.7. The van der Waals surface area contributed by atoms with Crippen LogP contribution in [0.1, 0.15) is 19.4 Å². The molecule has 0 spiro atoms. The Bertz CT molecular complexity index is 1380. The Morgan fingerprint density at radius 1 is 1.12 bits per heavy atom. The van der Waals surface area contributed by atoms with E-state index < -0.39 is 10.0 Å². The quantitative estimate of drug-likeness (QED) is 0.566. The first-order chi connectivity index (χ1) is 16.2. The van der Waals surface area contributed by atoms with E-state index in [9.17, 15) is 13.2 Å². The van der Waals surface area contributed by atoms with Gasteiger partial charge < -0.3 is 9.88 Å². The van der Waals surface area contributed by atoms with Crippen molar-refractivity contribution >= 4 is 32.5 Å². The number of hydrogen-bond donors (Lipinski definition) is 1. The van der Waals surface area contributed by atoms with Crippen LogP contribution in [-0.4, -0.2) is 73.1 Å². The number of para-hydroxylation sites is 1. The summed E-state index contributed by atoms with van der Waals surface area (Å²) in [7, 11) is -1.64. The van der Waals surface area contributed by atoms with E-state index in [4.69, 9.17) is 0 Å². The lowest BCUT2D eigenvalue weighted by molar-refractivity contribution is -0.116. The third kappa shape index (κ3) is 3.73. The van der Waals surface area contributed by atoms with E-state index in [-0.39, 0.29) is 22.6 Å². The molecule has 0 aliphatic carbocycles. The van der Waals surface area contributed by atoms with Gasteiger partial charge in [0.1, 0.15) is 10.5 Å². The number of pyridine rings is 1. The molecule has 0 bridgehead atoms. The molecule has 1 aromatic carbocycles. The minimum absolute atomic E-state index is 0.0294. The van der Waals surface area contributed by atoms with Crippen LogP contribution in [0.15, 0.2) is 65.5 Å². The monoisotopic (exact) mass is 479 g/mol. The van der Waals surface area contributed by atoms with E-state index in [1.54, 1.807) is 24.4 Å². The van der Waals surface area contributed by atoms with E-state index in [2.05, 4.69) is 40.8 Å². The number of piperazine rings is 1. The summed E-state index contributed by atoms with van der Waals surface area (Å²) in [5, 5.41) is 0.594. The number of aromatic amines is 1. The van der Waals surface area contributed by atoms with Gasteiger partial charge in [-0.15, -0.1) is 0 Å². The van der Waals surface area contributed by atoms with Gasteiger partial charge in [-0.3, -0.25) is 9.69 Å². The fraction of sp³-hybridized carbons (Fsp3) is 0.360. The van der Waals surface area contributed by atoms with Crippen molar-refractivity contribution in [1.29, 1.82) is 0 Å². The Morgan fingerprint density at radius 3 is 2.59 bits per heavy atom. The van der Waals surface area contributed by atoms with E-state index in [0.29, 0.717) is 37.2 Å². The molecule has 0 radical (unpaired) electrons. The third-order valence-electron chi connectivity index (χ3n) is 6.98. The van der Waals surface area contributed by atoms with Crippen LogP contribution in [0, 0.1) is 0 Å². The highest BCUT2D eigenvalue weighted by Crippen LogP contribution is 2.46. The van der Waals surface area contributed by atoms with Gasteiger partial charge in [0, 0.05) is 73.9 Å². The zero-order valence-corrected chi connectivity index (χ0v) is 20.5. The molecule has 0 unspecified atom stereocenters. The lowest BCUT2D eigenvalue weighted by Gasteiger charge is -2.33. The lowest BCUT2D eigenvalue weighted by Crippen LogP contribution is -2.49. The van der Waals surface area contributed by atoms with Gasteiger partial charge in [-0.25, -0.2) is 13.4 Å². The number of nitrogens with one attached hydrogen (secondary N) is 1. The lowest BCUT2D eigenvalue weighted by atomic mass is 9.83. The number of likely N-dealkylation sites (N-methyl/N-ethyl adjacent to an activating group) is 1. The largest absolute Gasteiger partial charge is 0.347 e. The first-order valence-electron chi connectivity index (χ1n) is 11.4. The smallest absolute Gasteiger partial charge is 0.245 e. The van der Waals surface area contributed by atoms with Crippen LogP contribution in [0.5, 0.6) is 0 Å². The number of anilines is 1. The molecule has 9 heteroatoms. The molecule has 2 aliphatic heterocycles. The Morgan fingerprint density at radius 2 is 1.85 bits per heavy atom. The molecule has 5 rings (SSSR count). The van der Waals surface area contributed by atoms with Crippen LogP contribution in [0.3, 0.4) is 0 Å². The number of H-pyrrole nitrogens is 1. The highest BCUT2D eigenvalue weighted by Gasteiger charge is 2.38. The maximum Gasteiger partial charge on any atom is 0.245 e. The minimum Gasteiger partial charge on any atom is -0.347 e. The number of nitrogens with zero attached hydrogens (tertiary/aromatic N) is 4. The van der Waals surface area contributed by atoms with E-state index >= 15 is 0 Å². The molecule has 1 fully saturated rings. The van der Waals surface area contributed by atoms with Crippen LogP contribution < -0.4 is 4.90 Å². The van der Waals surface area contributed by atoms with Gasteiger partial charge >= 0.3 is 0 Å². The van der Waals surface area contributed by atoms with Gasteiger partial charge in [-0.05, 0) is 23.8 Å². The Labute approximate surface area is 199 Å². The van der Waals surface area contributed by atoms with Crippen molar-refractivity contribution in [3.05, 3.63) is 66.1 Å². The number of carbonyl (C=O) groups is 1. The van der Waals surface area contributed by atoms with Gasteiger partial charge in [0.25, 0.3) is 0 Å². The summed E-state index contributed by atoms with van der Waals surface area (Å²) < 4.78 is 27.9. The Kier molecular flexibility index (Phi) is 5.58. The standard InChI is InChI=1S/C25H29N5O3S/c1-25(2)20-8-4-5-9-21(20)28(3)23(25)15-18(31)17-29-11-13-30(14-12-29)34(32,33)22-16-27-24-19(22)7-6-10-26-24/h4-10,15-16H,11-14,17H2,1-3H3,(H,26,27). The van der Waals surface area contributed by atoms with Gasteiger partial charge in [0.05, 0.1) is 6.54 Å². The summed E-state index contributed by atoms with van der Waals surface area (Å²) >= 11 is 0. The van der Waals surface area contributed by atoms with Crippen molar-refractivity contribution in [2.24, 2.45) is 0 Å². The second kappa shape index (κ2) is 8.33. The molecular weight excluding hydrogens is 450 g/mol. The van der Waals surface area contributed by atoms with E-state index in [1.807, 2.05) is 24.1 Å². The fourth-order valence-electron chi connectivity index (χ4n) is 5.09. The van der Waals surface area contributed by atoms with E-state index in [0.717, 1.165) is 11.4 Å². The highest BCUT2D eigenvalue weighted by molar-refractivity contribution is 7.89. The maximum atomic E-state index is 13.2. The number of rotatable bonds is 5. The average Bonchev–Trinajstić information content (AvgIpc) is 3.34. The normalized spacial score (nSPS) is 20.2. The van der Waals surface area contributed by atoms with Gasteiger partial charge in [0.15, 0.2) is 5.78 Å². The van der Waals surface area contributed by atoms with Crippen molar-refractivity contribution in [1.82, 2.24) is 19.2 Å². The van der Waals surface area contributed by atoms with Crippen molar-refractivity contribution in [3.63, 3.8) is 0 Å². The molecule has 0 amide bonds. The van der Waals surface area contributed by atoms with Crippen LogP contribution in [0.2, 0.25) is 0 Å². The molecule has 34 heavy (non-hydrogen) atoms. The van der Waals surface area contributed by atoms with E-state index in [1.165, 1.54) is 16.1 Å². The number of fused-ring (bicyclic) bond motifs is 2. The number of sulfonamides is 1. The van der Waals surface area contributed by atoms with Crippen molar-refractivity contribution < 1.29 is 13.2 Å². The van der Waals surface area contributed by atoms with Gasteiger partial charge in [-0.2, -0.15) is 4.31 Å². The zero-order chi connectivity index (χ0) is 24.1. The van der Waals surface area contributed by atoms with Crippen LogP contribution >= 0.6 is 0 Å². The predicted octanol–water partition coefficient (Wildman–Crippen LogP) is 2.75. The first kappa shape index (κ1) is 22.8. The minimum atomic E-state index is -3.64. The highest BCUT2D eigenvalue weighted by atomic mass is 32.2. The SMILES string of the molecule is CN1C(=CC(=O)CN2CCN(S(=O)(=O)c3c[nH]c4ncccc34)CC2)C(C)(C)c2ccccc21. The number of aromatic nitrogens is 2. The van der Waals surface area contributed by atoms with Gasteiger partial charge in [-0.1, -0.05) is 32.0 Å². The van der Waals surface area contributed by atoms with Crippen LogP contribution in [0.4, 0.5) is 5.69 Å².